The summed E-state index contributed by atoms with van der Waals surface area (Å²) >= 11 is 0. The van der Waals surface area contributed by atoms with E-state index in [1.54, 1.807) is 12.1 Å². The summed E-state index contributed by atoms with van der Waals surface area (Å²) in [6, 6.07) is 3.51. The lowest BCUT2D eigenvalue weighted by Crippen LogP contribution is -2.25. The van der Waals surface area contributed by atoms with E-state index in [1.807, 2.05) is 53.7 Å². The Labute approximate surface area is 195 Å². The zero-order valence-corrected chi connectivity index (χ0v) is 19.3. The van der Waals surface area contributed by atoms with Gasteiger partial charge in [-0.05, 0) is 63.0 Å². The number of nitrogens with one attached hydrogen (secondary N) is 1. The summed E-state index contributed by atoms with van der Waals surface area (Å²) < 4.78 is 1.96. The topological polar surface area (TPSA) is 67.2 Å². The Morgan fingerprint density at radius 3 is 2.82 bits per heavy atom. The number of nitrogens with zero attached hydrogens (tertiary/aromatic N) is 3. The minimum atomic E-state index is -0.107. The van der Waals surface area contributed by atoms with Crippen molar-refractivity contribution in [2.45, 2.75) is 46.1 Å². The van der Waals surface area contributed by atoms with E-state index in [0.29, 0.717) is 29.8 Å². The van der Waals surface area contributed by atoms with E-state index in [4.69, 9.17) is 4.98 Å². The number of allylic oxidation sites excluding steroid dienone is 8. The average molecular weight is 445 g/mol. The van der Waals surface area contributed by atoms with Gasteiger partial charge in [0.25, 0.3) is 0 Å². The van der Waals surface area contributed by atoms with Gasteiger partial charge in [-0.25, -0.2) is 4.98 Å². The molecule has 1 saturated heterocycles. The van der Waals surface area contributed by atoms with E-state index in [2.05, 4.69) is 24.0 Å². The summed E-state index contributed by atoms with van der Waals surface area (Å²) in [5.74, 6) is 0.801. The summed E-state index contributed by atoms with van der Waals surface area (Å²) in [5.41, 5.74) is 3.97. The second-order valence-electron chi connectivity index (χ2n) is 8.34. The molecule has 0 aromatic carbocycles. The van der Waals surface area contributed by atoms with Gasteiger partial charge < -0.3 is 10.2 Å². The number of hydrogen-bond donors (Lipinski definition) is 1. The molecule has 0 bridgehead atoms. The van der Waals surface area contributed by atoms with Gasteiger partial charge in [-0.15, -0.1) is 0 Å². The lowest BCUT2D eigenvalue weighted by Gasteiger charge is -2.21. The third-order valence-corrected chi connectivity index (χ3v) is 5.97. The van der Waals surface area contributed by atoms with Gasteiger partial charge in [0, 0.05) is 44.1 Å². The lowest BCUT2D eigenvalue weighted by molar-refractivity contribution is -0.128. The van der Waals surface area contributed by atoms with Gasteiger partial charge in [-0.1, -0.05) is 30.9 Å². The molecule has 1 aliphatic heterocycles. The standard InChI is InChI=1S/C27H30N4O2.H2/c1-4-10-22(11-5-2)31-25(29-21-12-7-6-8-13-21)17-24(32)23-16-20(19(3)28-27(23)31)18-30-15-9-14-26(30)33;/h4-5,7,10-13,16-17,29H,1,6,8-9,14-15,18H2,2-3H3;1H/b11-5-,22-10+;. The molecule has 1 N–H and O–H groups in total. The number of aryl methyl sites for hydroxylation is 1. The van der Waals surface area contributed by atoms with Crippen LogP contribution in [0.3, 0.4) is 0 Å². The van der Waals surface area contributed by atoms with Crippen molar-refractivity contribution in [3.63, 3.8) is 0 Å². The fourth-order valence-electron chi connectivity index (χ4n) is 4.31. The quantitative estimate of drug-likeness (QED) is 0.587. The lowest BCUT2D eigenvalue weighted by atomic mass is 10.1. The first-order valence-corrected chi connectivity index (χ1v) is 11.5. The maximum Gasteiger partial charge on any atom is 0.222 e. The third kappa shape index (κ3) is 4.75. The number of anilines is 1. The van der Waals surface area contributed by atoms with E-state index in [-0.39, 0.29) is 12.8 Å². The van der Waals surface area contributed by atoms with Crippen LogP contribution >= 0.6 is 0 Å². The fourth-order valence-corrected chi connectivity index (χ4v) is 4.31. The van der Waals surface area contributed by atoms with Gasteiger partial charge in [0.15, 0.2) is 5.43 Å². The molecule has 4 rings (SSSR count). The smallest absolute Gasteiger partial charge is 0.222 e. The molecule has 0 radical (unpaired) electrons. The third-order valence-electron chi connectivity index (χ3n) is 5.97. The zero-order valence-electron chi connectivity index (χ0n) is 19.3. The second-order valence-corrected chi connectivity index (χ2v) is 8.34. The molecule has 33 heavy (non-hydrogen) atoms. The Bertz CT molecular complexity index is 1280. The van der Waals surface area contributed by atoms with Crippen LogP contribution in [0.25, 0.3) is 16.7 Å². The van der Waals surface area contributed by atoms with Crippen molar-refractivity contribution >= 4 is 28.5 Å². The van der Waals surface area contributed by atoms with Gasteiger partial charge in [0.1, 0.15) is 11.5 Å². The minimum Gasteiger partial charge on any atom is -0.341 e. The van der Waals surface area contributed by atoms with Gasteiger partial charge >= 0.3 is 0 Å². The van der Waals surface area contributed by atoms with Crippen molar-refractivity contribution in [2.75, 3.05) is 11.9 Å². The number of likely N-dealkylation sites (tertiary alicyclic amines) is 1. The first-order chi connectivity index (χ1) is 16.0. The number of carbonyl (C=O) groups is 1. The van der Waals surface area contributed by atoms with E-state index < -0.39 is 0 Å². The molecule has 2 aromatic heterocycles. The molecular weight excluding hydrogens is 412 g/mol. The predicted octanol–water partition coefficient (Wildman–Crippen LogP) is 5.32. The molecule has 2 aliphatic rings. The molecule has 0 saturated carbocycles. The molecule has 172 valence electrons. The number of aromatic nitrogens is 2. The second kappa shape index (κ2) is 9.86. The largest absolute Gasteiger partial charge is 0.341 e. The predicted molar refractivity (Wildman–Crippen MR) is 137 cm³/mol. The Balaban J connectivity index is 0.00000324. The first kappa shape index (κ1) is 22.5. The van der Waals surface area contributed by atoms with E-state index in [0.717, 1.165) is 48.5 Å². The SMILES string of the molecule is C=C/C=C(\C=C/C)n1c(NC2=CCCC=C2)cc(=O)c2cc(CN3CCCC3=O)c(C)nc21.[HH]. The van der Waals surface area contributed by atoms with Crippen LogP contribution in [0.4, 0.5) is 5.82 Å². The first-order valence-electron chi connectivity index (χ1n) is 11.5. The van der Waals surface area contributed by atoms with E-state index in [1.165, 1.54) is 0 Å². The maximum absolute atomic E-state index is 13.2. The Hall–Kier alpha value is -3.67. The molecule has 6 nitrogen and oxygen atoms in total. The van der Waals surface area contributed by atoms with Crippen LogP contribution in [0.15, 0.2) is 71.7 Å². The van der Waals surface area contributed by atoms with Gasteiger partial charge in [0.05, 0.1) is 5.39 Å². The molecule has 3 heterocycles. The number of fused-ring (bicyclic) bond motifs is 1. The molecule has 1 fully saturated rings. The number of pyridine rings is 2. The molecule has 1 amide bonds. The Morgan fingerprint density at radius 2 is 2.15 bits per heavy atom. The molecule has 0 spiro atoms. The highest BCUT2D eigenvalue weighted by molar-refractivity contribution is 5.85. The summed E-state index contributed by atoms with van der Waals surface area (Å²) in [7, 11) is 0. The summed E-state index contributed by atoms with van der Waals surface area (Å²) in [5, 5.41) is 3.94. The van der Waals surface area contributed by atoms with Crippen molar-refractivity contribution in [1.29, 1.82) is 0 Å². The van der Waals surface area contributed by atoms with Crippen LogP contribution in [0.1, 0.15) is 45.3 Å². The minimum absolute atomic E-state index is 0. The van der Waals surface area contributed by atoms with Crippen molar-refractivity contribution in [3.8, 4) is 0 Å². The normalized spacial score (nSPS) is 16.7. The molecule has 0 atom stereocenters. The molecule has 1 aliphatic carbocycles. The highest BCUT2D eigenvalue weighted by Crippen LogP contribution is 2.26. The van der Waals surface area contributed by atoms with Crippen molar-refractivity contribution in [3.05, 3.63) is 88.4 Å². The van der Waals surface area contributed by atoms with Crippen LogP contribution in [0.5, 0.6) is 0 Å². The van der Waals surface area contributed by atoms with Crippen molar-refractivity contribution in [2.24, 2.45) is 0 Å². The summed E-state index contributed by atoms with van der Waals surface area (Å²) in [6.07, 6.45) is 17.2. The molecule has 2 aromatic rings. The zero-order chi connectivity index (χ0) is 23.4. The maximum atomic E-state index is 13.2. The van der Waals surface area contributed by atoms with Gasteiger partial charge in [0.2, 0.25) is 5.91 Å². The average Bonchev–Trinajstić information content (AvgIpc) is 3.20. The summed E-state index contributed by atoms with van der Waals surface area (Å²) in [6.45, 7) is 8.97. The van der Waals surface area contributed by atoms with Crippen LogP contribution < -0.4 is 10.7 Å². The Morgan fingerprint density at radius 1 is 1.30 bits per heavy atom. The molecule has 0 unspecified atom stereocenters. The number of hydrogen-bond acceptors (Lipinski definition) is 4. The fraction of sp³-hybridized carbons (Fsp3) is 0.296. The van der Waals surface area contributed by atoms with Crippen molar-refractivity contribution < 1.29 is 6.22 Å². The number of carbonyl (C=O) groups excluding carboxylic acids is 1. The van der Waals surface area contributed by atoms with Gasteiger partial charge in [-0.3, -0.25) is 14.2 Å². The highest BCUT2D eigenvalue weighted by atomic mass is 16.2. The van der Waals surface area contributed by atoms with E-state index >= 15 is 0 Å². The Kier molecular flexibility index (Phi) is 6.73. The van der Waals surface area contributed by atoms with Crippen LogP contribution in [-0.4, -0.2) is 26.9 Å². The van der Waals surface area contributed by atoms with Crippen molar-refractivity contribution in [1.82, 2.24) is 14.5 Å². The molecule has 6 heteroatoms. The van der Waals surface area contributed by atoms with Gasteiger partial charge in [-0.2, -0.15) is 0 Å². The van der Waals surface area contributed by atoms with E-state index in [9.17, 15) is 9.59 Å². The highest BCUT2D eigenvalue weighted by Gasteiger charge is 2.22. The monoisotopic (exact) mass is 444 g/mol. The van der Waals surface area contributed by atoms with Crippen LogP contribution in [0, 0.1) is 6.92 Å². The number of amides is 1. The summed E-state index contributed by atoms with van der Waals surface area (Å²) in [4.78, 5) is 32.1. The number of rotatable bonds is 7. The van der Waals surface area contributed by atoms with Crippen LogP contribution in [-0.2, 0) is 11.3 Å². The van der Waals surface area contributed by atoms with Crippen LogP contribution in [0.2, 0.25) is 0 Å². The molecular formula is C27H32N4O2.